The van der Waals surface area contributed by atoms with Gasteiger partial charge in [0.1, 0.15) is 28.2 Å². The number of thiophene rings is 1. The minimum absolute atomic E-state index is 0.0357. The Kier molecular flexibility index (Phi) is 5.63. The van der Waals surface area contributed by atoms with E-state index >= 15 is 4.39 Å². The van der Waals surface area contributed by atoms with Gasteiger partial charge in [0.2, 0.25) is 0 Å². The second kappa shape index (κ2) is 8.44. The van der Waals surface area contributed by atoms with Crippen molar-refractivity contribution in [1.29, 1.82) is 5.26 Å². The van der Waals surface area contributed by atoms with Crippen LogP contribution in [0.2, 0.25) is 0 Å². The summed E-state index contributed by atoms with van der Waals surface area (Å²) < 4.78 is 79.0. The Morgan fingerprint density at radius 3 is 2.53 bits per heavy atom. The van der Waals surface area contributed by atoms with Gasteiger partial charge in [-0.15, -0.1) is 11.3 Å². The van der Waals surface area contributed by atoms with E-state index in [-0.39, 0.29) is 55.0 Å². The van der Waals surface area contributed by atoms with Crippen LogP contribution in [0.5, 0.6) is 6.01 Å². The highest BCUT2D eigenvalue weighted by molar-refractivity contribution is 7.23. The zero-order chi connectivity index (χ0) is 25.9. The average Bonchev–Trinajstić information content (AvgIpc) is 3.14. The summed E-state index contributed by atoms with van der Waals surface area (Å²) in [4.78, 5) is 9.97. The SMILES string of the molecule is COc1nc(N(C)C2CCC2)c2cc(C(F)(F)F)c(-c3ccc(F)c4sc(N)c(C#N)c34)c(F)c2n1. The lowest BCUT2D eigenvalue weighted by atomic mass is 9.90. The number of hydrogen-bond acceptors (Lipinski definition) is 7. The highest BCUT2D eigenvalue weighted by atomic mass is 32.1. The number of fused-ring (bicyclic) bond motifs is 2. The number of aromatic nitrogens is 2. The Morgan fingerprint density at radius 2 is 1.94 bits per heavy atom. The van der Waals surface area contributed by atoms with Crippen LogP contribution >= 0.6 is 11.3 Å². The van der Waals surface area contributed by atoms with Gasteiger partial charge in [-0.2, -0.15) is 28.4 Å². The second-order valence-electron chi connectivity index (χ2n) is 8.49. The predicted octanol–water partition coefficient (Wildman–Crippen LogP) is 6.26. The quantitative estimate of drug-likeness (QED) is 0.320. The first-order valence-electron chi connectivity index (χ1n) is 10.9. The summed E-state index contributed by atoms with van der Waals surface area (Å²) in [5, 5.41) is 9.18. The van der Waals surface area contributed by atoms with Crippen molar-refractivity contribution < 1.29 is 26.7 Å². The zero-order valence-corrected chi connectivity index (χ0v) is 19.8. The summed E-state index contributed by atoms with van der Waals surface area (Å²) in [7, 11) is 2.95. The standard InChI is InChI=1S/C24H18F5N5OS/c1-34(10-4-3-5-10)22-12-8-14(24(27,28)29)17(18(26)19(12)32-23(33-22)35-2)11-6-7-15(25)20-16(11)13(9-30)21(31)36-20/h6-8,10H,3-5,31H2,1-2H3. The lowest BCUT2D eigenvalue weighted by molar-refractivity contribution is -0.137. The van der Waals surface area contributed by atoms with E-state index in [1.165, 1.54) is 7.11 Å². The topological polar surface area (TPSA) is 88.1 Å². The van der Waals surface area contributed by atoms with Gasteiger partial charge in [-0.3, -0.25) is 0 Å². The Balaban J connectivity index is 1.92. The third kappa shape index (κ3) is 3.57. The third-order valence-electron chi connectivity index (χ3n) is 6.53. The van der Waals surface area contributed by atoms with Crippen LogP contribution in [-0.4, -0.2) is 30.2 Å². The van der Waals surface area contributed by atoms with Gasteiger partial charge in [-0.05, 0) is 37.0 Å². The number of hydrogen-bond donors (Lipinski definition) is 1. The van der Waals surface area contributed by atoms with E-state index < -0.39 is 28.9 Å². The van der Waals surface area contributed by atoms with Gasteiger partial charge < -0.3 is 15.4 Å². The molecule has 0 saturated heterocycles. The van der Waals surface area contributed by atoms with E-state index in [2.05, 4.69) is 9.97 Å². The van der Waals surface area contributed by atoms with Gasteiger partial charge in [0.15, 0.2) is 5.82 Å². The first-order valence-corrected chi connectivity index (χ1v) is 11.7. The number of nitrogen functional groups attached to an aromatic ring is 1. The van der Waals surface area contributed by atoms with E-state index in [0.29, 0.717) is 11.3 Å². The molecule has 2 aromatic heterocycles. The van der Waals surface area contributed by atoms with Crippen molar-refractivity contribution in [3.63, 3.8) is 0 Å². The molecule has 4 aromatic rings. The van der Waals surface area contributed by atoms with Crippen LogP contribution in [0.25, 0.3) is 32.1 Å². The van der Waals surface area contributed by atoms with E-state index in [4.69, 9.17) is 10.5 Å². The molecule has 36 heavy (non-hydrogen) atoms. The van der Waals surface area contributed by atoms with Crippen LogP contribution in [0.15, 0.2) is 18.2 Å². The number of nitriles is 1. The number of rotatable bonds is 4. The molecule has 12 heteroatoms. The molecule has 0 amide bonds. The molecule has 6 nitrogen and oxygen atoms in total. The number of ether oxygens (including phenoxy) is 1. The van der Waals surface area contributed by atoms with Crippen LogP contribution in [-0.2, 0) is 6.18 Å². The highest BCUT2D eigenvalue weighted by Gasteiger charge is 2.39. The van der Waals surface area contributed by atoms with Gasteiger partial charge in [0, 0.05) is 29.4 Å². The number of alkyl halides is 3. The number of methoxy groups -OCH3 is 1. The Labute approximate surface area is 205 Å². The Morgan fingerprint density at radius 1 is 1.22 bits per heavy atom. The van der Waals surface area contributed by atoms with Crippen LogP contribution in [0.3, 0.4) is 0 Å². The molecule has 0 radical (unpaired) electrons. The van der Waals surface area contributed by atoms with Gasteiger partial charge >= 0.3 is 12.2 Å². The molecule has 0 spiro atoms. The number of nitrogens with two attached hydrogens (primary N) is 1. The second-order valence-corrected chi connectivity index (χ2v) is 9.54. The summed E-state index contributed by atoms with van der Waals surface area (Å²) in [6.45, 7) is 0. The fraction of sp³-hybridized carbons (Fsp3) is 0.292. The molecule has 2 N–H and O–H groups in total. The maximum atomic E-state index is 16.2. The van der Waals surface area contributed by atoms with Crippen LogP contribution in [0, 0.1) is 23.0 Å². The van der Waals surface area contributed by atoms with E-state index in [9.17, 15) is 22.8 Å². The largest absolute Gasteiger partial charge is 0.467 e. The molecule has 186 valence electrons. The molecule has 0 atom stereocenters. The van der Waals surface area contributed by atoms with Gasteiger partial charge in [-0.1, -0.05) is 6.07 Å². The maximum absolute atomic E-state index is 16.2. The van der Waals surface area contributed by atoms with Crippen LogP contribution < -0.4 is 15.4 Å². The molecule has 0 bridgehead atoms. The minimum Gasteiger partial charge on any atom is -0.467 e. The van der Waals surface area contributed by atoms with Gasteiger partial charge in [-0.25, -0.2) is 8.78 Å². The molecule has 1 saturated carbocycles. The third-order valence-corrected chi connectivity index (χ3v) is 7.56. The molecule has 2 heterocycles. The first kappa shape index (κ1) is 24.0. The minimum atomic E-state index is -4.99. The van der Waals surface area contributed by atoms with E-state index in [1.807, 2.05) is 0 Å². The van der Waals surface area contributed by atoms with Crippen molar-refractivity contribution in [1.82, 2.24) is 9.97 Å². The summed E-state index contributed by atoms with van der Waals surface area (Å²) in [6, 6.07) is 4.37. The van der Waals surface area contributed by atoms with Crippen molar-refractivity contribution in [3.8, 4) is 23.2 Å². The predicted molar refractivity (Wildman–Crippen MR) is 127 cm³/mol. The summed E-state index contributed by atoms with van der Waals surface area (Å²) >= 11 is 0.710. The molecule has 1 aliphatic carbocycles. The van der Waals surface area contributed by atoms with Crippen molar-refractivity contribution in [2.75, 3.05) is 24.8 Å². The normalized spacial score (nSPS) is 14.2. The van der Waals surface area contributed by atoms with Crippen LogP contribution in [0.1, 0.15) is 30.4 Å². The van der Waals surface area contributed by atoms with Gasteiger partial charge in [0.25, 0.3) is 0 Å². The molecule has 0 unspecified atom stereocenters. The number of halogens is 5. The molecule has 2 aromatic carbocycles. The number of nitrogens with zero attached hydrogens (tertiary/aromatic N) is 4. The molecular formula is C24H18F5N5OS. The van der Waals surface area contributed by atoms with Gasteiger partial charge in [0.05, 0.1) is 22.9 Å². The summed E-state index contributed by atoms with van der Waals surface area (Å²) in [6.07, 6.45) is -2.39. The monoisotopic (exact) mass is 519 g/mol. The van der Waals surface area contributed by atoms with E-state index in [1.54, 1.807) is 18.0 Å². The average molecular weight is 519 g/mol. The maximum Gasteiger partial charge on any atom is 0.417 e. The van der Waals surface area contributed by atoms with E-state index in [0.717, 1.165) is 37.5 Å². The molecule has 1 fully saturated rings. The van der Waals surface area contributed by atoms with Crippen molar-refractivity contribution in [3.05, 3.63) is 41.0 Å². The zero-order valence-electron chi connectivity index (χ0n) is 19.0. The van der Waals surface area contributed by atoms with Crippen molar-refractivity contribution in [2.45, 2.75) is 31.5 Å². The van der Waals surface area contributed by atoms with Crippen LogP contribution in [0.4, 0.5) is 32.8 Å². The fourth-order valence-electron chi connectivity index (χ4n) is 4.49. The Bertz CT molecular complexity index is 1570. The number of benzene rings is 2. The first-order chi connectivity index (χ1) is 17.1. The summed E-state index contributed by atoms with van der Waals surface area (Å²) in [5.41, 5.74) is 2.77. The van der Waals surface area contributed by atoms with Crippen molar-refractivity contribution in [2.24, 2.45) is 0 Å². The smallest absolute Gasteiger partial charge is 0.417 e. The fourth-order valence-corrected chi connectivity index (χ4v) is 5.44. The molecule has 1 aliphatic rings. The Hall–Kier alpha value is -3.72. The lowest BCUT2D eigenvalue weighted by Gasteiger charge is -2.36. The molecule has 0 aliphatic heterocycles. The highest BCUT2D eigenvalue weighted by Crippen LogP contribution is 2.48. The molecule has 5 rings (SSSR count). The lowest BCUT2D eigenvalue weighted by Crippen LogP contribution is -2.37. The molecular weight excluding hydrogens is 501 g/mol. The van der Waals surface area contributed by atoms with Crippen molar-refractivity contribution >= 4 is 43.1 Å². The number of anilines is 2. The summed E-state index contributed by atoms with van der Waals surface area (Å²) in [5.74, 6) is -1.96.